The molecule has 2 atom stereocenters. The second kappa shape index (κ2) is 4.71. The third-order valence-electron chi connectivity index (χ3n) is 2.40. The van der Waals surface area contributed by atoms with Crippen LogP contribution in [0.3, 0.4) is 0 Å². The van der Waals surface area contributed by atoms with Gasteiger partial charge in [-0.25, -0.2) is 0 Å². The van der Waals surface area contributed by atoms with Crippen LogP contribution in [-0.4, -0.2) is 36.9 Å². The van der Waals surface area contributed by atoms with Crippen LogP contribution in [0.1, 0.15) is 12.8 Å². The molecule has 1 amide bonds. The molecule has 0 aliphatic carbocycles. The molecule has 0 unspecified atom stereocenters. The SMILES string of the molecule is O=C(N[C@@H]1CC[C@H](C(F)(F)F)NC1)C(F)(F)F. The molecule has 0 spiro atoms. The summed E-state index contributed by atoms with van der Waals surface area (Å²) < 4.78 is 72.1. The topological polar surface area (TPSA) is 41.1 Å². The lowest BCUT2D eigenvalue weighted by molar-refractivity contribution is -0.175. The van der Waals surface area contributed by atoms with Gasteiger partial charge in [0.05, 0.1) is 0 Å². The van der Waals surface area contributed by atoms with Crippen molar-refractivity contribution in [2.45, 2.75) is 37.3 Å². The Labute approximate surface area is 92.5 Å². The van der Waals surface area contributed by atoms with Crippen molar-refractivity contribution in [3.05, 3.63) is 0 Å². The van der Waals surface area contributed by atoms with E-state index in [9.17, 15) is 31.1 Å². The fourth-order valence-corrected chi connectivity index (χ4v) is 1.53. The summed E-state index contributed by atoms with van der Waals surface area (Å²) in [5.41, 5.74) is 0. The maximum Gasteiger partial charge on any atom is 0.471 e. The first-order chi connectivity index (χ1) is 7.60. The number of halogens is 6. The van der Waals surface area contributed by atoms with Crippen LogP contribution in [0.4, 0.5) is 26.3 Å². The molecule has 100 valence electrons. The largest absolute Gasteiger partial charge is 0.471 e. The Kier molecular flexibility index (Phi) is 3.90. The Morgan fingerprint density at radius 1 is 1.12 bits per heavy atom. The summed E-state index contributed by atoms with van der Waals surface area (Å²) in [4.78, 5) is 10.5. The van der Waals surface area contributed by atoms with E-state index >= 15 is 0 Å². The highest BCUT2D eigenvalue weighted by atomic mass is 19.4. The Hall–Kier alpha value is -0.990. The maximum atomic E-state index is 12.2. The van der Waals surface area contributed by atoms with E-state index in [1.54, 1.807) is 5.32 Å². The normalized spacial score (nSPS) is 26.7. The molecule has 0 bridgehead atoms. The third kappa shape index (κ3) is 4.06. The highest BCUT2D eigenvalue weighted by Gasteiger charge is 2.44. The van der Waals surface area contributed by atoms with Gasteiger partial charge in [0.15, 0.2) is 0 Å². The standard InChI is InChI=1S/C8H10F6N2O/c9-7(10,11)5-2-1-4(3-15-5)16-6(17)8(12,13)14/h4-5,15H,1-3H2,(H,16,17)/t4-,5-/m1/s1. The lowest BCUT2D eigenvalue weighted by Crippen LogP contribution is -2.55. The van der Waals surface area contributed by atoms with Crippen LogP contribution >= 0.6 is 0 Å². The second-order valence-corrected chi connectivity index (χ2v) is 3.75. The van der Waals surface area contributed by atoms with Crippen LogP contribution in [0.2, 0.25) is 0 Å². The zero-order chi connectivity index (χ0) is 13.3. The zero-order valence-corrected chi connectivity index (χ0v) is 8.45. The van der Waals surface area contributed by atoms with Crippen LogP contribution in [0.25, 0.3) is 0 Å². The maximum absolute atomic E-state index is 12.2. The molecular weight excluding hydrogens is 254 g/mol. The first-order valence-electron chi connectivity index (χ1n) is 4.78. The number of hydrogen-bond donors (Lipinski definition) is 2. The molecule has 3 nitrogen and oxygen atoms in total. The van der Waals surface area contributed by atoms with Gasteiger partial charge < -0.3 is 10.6 Å². The number of nitrogens with one attached hydrogen (secondary N) is 2. The number of hydrogen-bond acceptors (Lipinski definition) is 2. The Bertz CT molecular complexity index is 279. The number of piperidine rings is 1. The Morgan fingerprint density at radius 3 is 2.06 bits per heavy atom. The monoisotopic (exact) mass is 264 g/mol. The fraction of sp³-hybridized carbons (Fsp3) is 0.875. The molecule has 17 heavy (non-hydrogen) atoms. The van der Waals surface area contributed by atoms with E-state index in [1.165, 1.54) is 0 Å². The van der Waals surface area contributed by atoms with Gasteiger partial charge >= 0.3 is 18.3 Å². The Morgan fingerprint density at radius 2 is 1.71 bits per heavy atom. The molecule has 1 saturated heterocycles. The molecule has 9 heteroatoms. The van der Waals surface area contributed by atoms with Crippen LogP contribution in [0, 0.1) is 0 Å². The summed E-state index contributed by atoms with van der Waals surface area (Å²) in [7, 11) is 0. The van der Waals surface area contributed by atoms with Crippen LogP contribution < -0.4 is 10.6 Å². The number of rotatable bonds is 1. The van der Waals surface area contributed by atoms with E-state index in [-0.39, 0.29) is 19.4 Å². The van der Waals surface area contributed by atoms with Crippen molar-refractivity contribution in [3.8, 4) is 0 Å². The van der Waals surface area contributed by atoms with Gasteiger partial charge in [0, 0.05) is 12.6 Å². The van der Waals surface area contributed by atoms with Gasteiger partial charge in [0.1, 0.15) is 6.04 Å². The summed E-state index contributed by atoms with van der Waals surface area (Å²) in [6.07, 6.45) is -9.93. The quantitative estimate of drug-likeness (QED) is 0.702. The van der Waals surface area contributed by atoms with Crippen molar-refractivity contribution in [1.29, 1.82) is 0 Å². The van der Waals surface area contributed by atoms with Crippen molar-refractivity contribution >= 4 is 5.91 Å². The van der Waals surface area contributed by atoms with Gasteiger partial charge in [0.25, 0.3) is 0 Å². The van der Waals surface area contributed by atoms with Crippen molar-refractivity contribution in [3.63, 3.8) is 0 Å². The average molecular weight is 264 g/mol. The number of carbonyl (C=O) groups excluding carboxylic acids is 1. The number of amides is 1. The lowest BCUT2D eigenvalue weighted by Gasteiger charge is -2.31. The van der Waals surface area contributed by atoms with E-state index in [1.807, 2.05) is 0 Å². The van der Waals surface area contributed by atoms with Crippen molar-refractivity contribution in [2.75, 3.05) is 6.54 Å². The molecule has 1 heterocycles. The predicted molar refractivity (Wildman–Crippen MR) is 45.1 cm³/mol. The van der Waals surface area contributed by atoms with Gasteiger partial charge in [-0.05, 0) is 12.8 Å². The predicted octanol–water partition coefficient (Wildman–Crippen LogP) is 1.35. The number of carbonyl (C=O) groups is 1. The molecule has 0 radical (unpaired) electrons. The van der Waals surface area contributed by atoms with Crippen LogP contribution in [0.15, 0.2) is 0 Å². The lowest BCUT2D eigenvalue weighted by atomic mass is 10.0. The average Bonchev–Trinajstić information content (AvgIpc) is 2.15. The van der Waals surface area contributed by atoms with E-state index in [2.05, 4.69) is 5.32 Å². The van der Waals surface area contributed by atoms with Gasteiger partial charge in [0.2, 0.25) is 0 Å². The van der Waals surface area contributed by atoms with Crippen LogP contribution in [0.5, 0.6) is 0 Å². The minimum atomic E-state index is -5.01. The van der Waals surface area contributed by atoms with Crippen molar-refractivity contribution in [1.82, 2.24) is 10.6 Å². The first-order valence-corrected chi connectivity index (χ1v) is 4.78. The van der Waals surface area contributed by atoms with Crippen molar-refractivity contribution < 1.29 is 31.1 Å². The third-order valence-corrected chi connectivity index (χ3v) is 2.40. The molecule has 0 aromatic carbocycles. The summed E-state index contributed by atoms with van der Waals surface area (Å²) >= 11 is 0. The van der Waals surface area contributed by atoms with Gasteiger partial charge in [-0.2, -0.15) is 26.3 Å². The summed E-state index contributed by atoms with van der Waals surface area (Å²) in [6, 6.07) is -2.65. The summed E-state index contributed by atoms with van der Waals surface area (Å²) in [5, 5.41) is 3.70. The molecule has 0 aromatic rings. The van der Waals surface area contributed by atoms with Gasteiger partial charge in [-0.3, -0.25) is 4.79 Å². The van der Waals surface area contributed by atoms with Gasteiger partial charge in [-0.15, -0.1) is 0 Å². The Balaban J connectivity index is 2.41. The molecule has 1 rings (SSSR count). The minimum Gasteiger partial charge on any atom is -0.344 e. The zero-order valence-electron chi connectivity index (χ0n) is 8.45. The van der Waals surface area contributed by atoms with Crippen LogP contribution in [-0.2, 0) is 4.79 Å². The van der Waals surface area contributed by atoms with E-state index in [4.69, 9.17) is 0 Å². The highest BCUT2D eigenvalue weighted by Crippen LogP contribution is 2.26. The second-order valence-electron chi connectivity index (χ2n) is 3.75. The number of alkyl halides is 6. The molecular formula is C8H10F6N2O. The molecule has 2 N–H and O–H groups in total. The highest BCUT2D eigenvalue weighted by molar-refractivity contribution is 5.81. The minimum absolute atomic E-state index is 0.140. The van der Waals surface area contributed by atoms with E-state index in [0.717, 1.165) is 0 Å². The van der Waals surface area contributed by atoms with Crippen molar-refractivity contribution in [2.24, 2.45) is 0 Å². The molecule has 1 aliphatic rings. The molecule has 1 aliphatic heterocycles. The molecule has 0 saturated carbocycles. The summed E-state index contributed by atoms with van der Waals surface area (Å²) in [5.74, 6) is -2.13. The summed E-state index contributed by atoms with van der Waals surface area (Å²) in [6.45, 7) is -0.327. The molecule has 0 aromatic heterocycles. The van der Waals surface area contributed by atoms with E-state index in [0.29, 0.717) is 0 Å². The fourth-order valence-electron chi connectivity index (χ4n) is 1.53. The van der Waals surface area contributed by atoms with E-state index < -0.39 is 30.3 Å². The smallest absolute Gasteiger partial charge is 0.344 e. The van der Waals surface area contributed by atoms with Gasteiger partial charge in [-0.1, -0.05) is 0 Å². The first kappa shape index (κ1) is 14.1. The molecule has 1 fully saturated rings.